The van der Waals surface area contributed by atoms with Crippen molar-refractivity contribution in [1.82, 2.24) is 14.1 Å². The molecule has 2 heterocycles. The quantitative estimate of drug-likeness (QED) is 0.589. The molecule has 35 heavy (non-hydrogen) atoms. The van der Waals surface area contributed by atoms with Gasteiger partial charge in [-0.2, -0.15) is 9.40 Å². The molecule has 0 radical (unpaired) electrons. The lowest BCUT2D eigenvalue weighted by Crippen LogP contribution is -2.55. The minimum atomic E-state index is -3.68. The maximum absolute atomic E-state index is 13.5. The number of rotatable bonds is 4. The normalized spacial score (nSPS) is 23.1. The minimum absolute atomic E-state index is 0.0558. The molecule has 2 aromatic carbocycles. The maximum atomic E-state index is 13.5. The molecule has 2 atom stereocenters. The van der Waals surface area contributed by atoms with Crippen LogP contribution in [-0.2, 0) is 28.3 Å². The van der Waals surface area contributed by atoms with E-state index in [1.54, 1.807) is 34.8 Å². The number of piperidine rings is 1. The third kappa shape index (κ3) is 4.21. The van der Waals surface area contributed by atoms with Crippen molar-refractivity contribution in [1.29, 1.82) is 0 Å². The van der Waals surface area contributed by atoms with E-state index in [0.29, 0.717) is 25.8 Å². The summed E-state index contributed by atoms with van der Waals surface area (Å²) >= 11 is 0. The Kier molecular flexibility index (Phi) is 5.89. The Hall–Kier alpha value is -2.55. The van der Waals surface area contributed by atoms with Gasteiger partial charge in [-0.3, -0.25) is 0 Å². The van der Waals surface area contributed by atoms with Gasteiger partial charge in [0.1, 0.15) is 5.82 Å². The lowest BCUT2D eigenvalue weighted by Gasteiger charge is -2.49. The SMILES string of the molecule is CC(C)(C)c1ccc(S(=O)(=O)N2CC[C@H]3Cc4c(cnn4-c4ccc(F)cc4)C[C@]3(CO)C2)cc1. The van der Waals surface area contributed by atoms with Gasteiger partial charge in [-0.25, -0.2) is 17.5 Å². The maximum Gasteiger partial charge on any atom is 0.243 e. The predicted octanol–water partition coefficient (Wildman–Crippen LogP) is 4.10. The highest BCUT2D eigenvalue weighted by Gasteiger charge is 2.49. The summed E-state index contributed by atoms with van der Waals surface area (Å²) in [5.74, 6) is -0.165. The first-order chi connectivity index (χ1) is 16.5. The number of halogens is 1. The fraction of sp³-hybridized carbons (Fsp3) is 0.444. The first-order valence-electron chi connectivity index (χ1n) is 12.1. The smallest absolute Gasteiger partial charge is 0.243 e. The van der Waals surface area contributed by atoms with Crippen molar-refractivity contribution in [3.8, 4) is 5.69 Å². The molecule has 0 bridgehead atoms. The first-order valence-corrected chi connectivity index (χ1v) is 13.5. The molecule has 1 aromatic heterocycles. The average Bonchev–Trinajstić information content (AvgIpc) is 3.24. The van der Waals surface area contributed by atoms with E-state index in [-0.39, 0.29) is 35.2 Å². The van der Waals surface area contributed by atoms with Gasteiger partial charge in [0.25, 0.3) is 0 Å². The van der Waals surface area contributed by atoms with Gasteiger partial charge in [-0.15, -0.1) is 0 Å². The van der Waals surface area contributed by atoms with Crippen molar-refractivity contribution >= 4 is 10.0 Å². The molecule has 1 aliphatic carbocycles. The molecule has 8 heteroatoms. The predicted molar refractivity (Wildman–Crippen MR) is 132 cm³/mol. The van der Waals surface area contributed by atoms with Crippen LogP contribution < -0.4 is 0 Å². The van der Waals surface area contributed by atoms with E-state index in [1.807, 2.05) is 16.8 Å². The van der Waals surface area contributed by atoms with Crippen molar-refractivity contribution < 1.29 is 17.9 Å². The second-order valence-corrected chi connectivity index (χ2v) is 12.9. The van der Waals surface area contributed by atoms with Crippen LogP contribution >= 0.6 is 0 Å². The number of aliphatic hydroxyl groups is 1. The first kappa shape index (κ1) is 24.2. The summed E-state index contributed by atoms with van der Waals surface area (Å²) in [7, 11) is -3.68. The third-order valence-electron chi connectivity index (χ3n) is 7.77. The van der Waals surface area contributed by atoms with Gasteiger partial charge >= 0.3 is 0 Å². The zero-order valence-corrected chi connectivity index (χ0v) is 21.2. The summed E-state index contributed by atoms with van der Waals surface area (Å²) < 4.78 is 43.9. The van der Waals surface area contributed by atoms with Crippen LogP contribution in [0.15, 0.2) is 59.6 Å². The summed E-state index contributed by atoms with van der Waals surface area (Å²) in [5, 5.41) is 15.1. The summed E-state index contributed by atoms with van der Waals surface area (Å²) in [5.41, 5.74) is 3.33. The molecular formula is C27H32FN3O3S. The summed E-state index contributed by atoms with van der Waals surface area (Å²) in [6.45, 7) is 6.90. The molecule has 5 rings (SSSR count). The Balaban J connectivity index is 1.42. The van der Waals surface area contributed by atoms with Crippen molar-refractivity contribution in [3.05, 3.63) is 77.4 Å². The Morgan fingerprint density at radius 1 is 1.11 bits per heavy atom. The summed E-state index contributed by atoms with van der Waals surface area (Å²) in [6.07, 6.45) is 3.71. The van der Waals surface area contributed by atoms with Crippen LogP contribution in [0.3, 0.4) is 0 Å². The number of sulfonamides is 1. The van der Waals surface area contributed by atoms with Crippen LogP contribution in [0.1, 0.15) is 44.0 Å². The number of aliphatic hydroxyl groups excluding tert-OH is 1. The minimum Gasteiger partial charge on any atom is -0.396 e. The molecule has 3 aromatic rings. The number of hydrogen-bond donors (Lipinski definition) is 1. The van der Waals surface area contributed by atoms with Crippen LogP contribution in [-0.4, -0.2) is 47.3 Å². The lowest BCUT2D eigenvalue weighted by molar-refractivity contribution is 0.000908. The van der Waals surface area contributed by atoms with Crippen molar-refractivity contribution in [2.45, 2.75) is 50.3 Å². The number of hydrogen-bond acceptors (Lipinski definition) is 4. The lowest BCUT2D eigenvalue weighted by atomic mass is 9.63. The molecule has 1 N–H and O–H groups in total. The van der Waals surface area contributed by atoms with Crippen LogP contribution in [0.25, 0.3) is 5.69 Å². The largest absolute Gasteiger partial charge is 0.396 e. The van der Waals surface area contributed by atoms with Crippen molar-refractivity contribution in [2.24, 2.45) is 11.3 Å². The zero-order valence-electron chi connectivity index (χ0n) is 20.4. The van der Waals surface area contributed by atoms with E-state index >= 15 is 0 Å². The second kappa shape index (κ2) is 8.54. The van der Waals surface area contributed by atoms with Crippen molar-refractivity contribution in [2.75, 3.05) is 19.7 Å². The molecular weight excluding hydrogens is 465 g/mol. The topological polar surface area (TPSA) is 75.4 Å². The number of nitrogens with zero attached hydrogens (tertiary/aromatic N) is 3. The van der Waals surface area contributed by atoms with Crippen LogP contribution in [0, 0.1) is 17.2 Å². The molecule has 1 aliphatic heterocycles. The Labute approximate surface area is 206 Å². The van der Waals surface area contributed by atoms with E-state index in [9.17, 15) is 17.9 Å². The van der Waals surface area contributed by atoms with Gasteiger partial charge < -0.3 is 5.11 Å². The van der Waals surface area contributed by atoms with E-state index in [1.165, 1.54) is 12.1 Å². The standard InChI is InChI=1S/C27H32FN3O3S/c1-26(2,3)20-4-10-24(11-5-20)35(33,34)30-13-12-21-14-25-19(15-27(21,17-30)18-32)16-29-31(25)23-8-6-22(28)7-9-23/h4-11,16,21,32H,12-15,17-18H2,1-3H3/t21-,27+/m0/s1. The highest BCUT2D eigenvalue weighted by atomic mass is 32.2. The Morgan fingerprint density at radius 2 is 1.80 bits per heavy atom. The molecule has 2 aliphatic rings. The molecule has 186 valence electrons. The average molecular weight is 498 g/mol. The number of fused-ring (bicyclic) bond motifs is 2. The second-order valence-electron chi connectivity index (χ2n) is 11.0. The van der Waals surface area contributed by atoms with Gasteiger partial charge in [0, 0.05) is 24.2 Å². The highest BCUT2D eigenvalue weighted by Crippen LogP contribution is 2.46. The van der Waals surface area contributed by atoms with Crippen LogP contribution in [0.4, 0.5) is 4.39 Å². The van der Waals surface area contributed by atoms with E-state index in [4.69, 9.17) is 0 Å². The Bertz CT molecular complexity index is 1330. The third-order valence-corrected chi connectivity index (χ3v) is 9.63. The monoisotopic (exact) mass is 497 g/mol. The fourth-order valence-electron chi connectivity index (χ4n) is 5.59. The molecule has 0 saturated carbocycles. The molecule has 1 fully saturated rings. The number of benzene rings is 2. The molecule has 0 amide bonds. The van der Waals surface area contributed by atoms with E-state index in [2.05, 4.69) is 25.9 Å². The Morgan fingerprint density at radius 3 is 2.43 bits per heavy atom. The molecule has 1 saturated heterocycles. The molecule has 0 unspecified atom stereocenters. The van der Waals surface area contributed by atoms with Crippen molar-refractivity contribution in [3.63, 3.8) is 0 Å². The number of aromatic nitrogens is 2. The van der Waals surface area contributed by atoms with E-state index < -0.39 is 15.4 Å². The zero-order chi connectivity index (χ0) is 25.0. The highest BCUT2D eigenvalue weighted by molar-refractivity contribution is 7.89. The summed E-state index contributed by atoms with van der Waals surface area (Å²) in [4.78, 5) is 0.290. The summed E-state index contributed by atoms with van der Waals surface area (Å²) in [6, 6.07) is 13.4. The molecule has 6 nitrogen and oxygen atoms in total. The van der Waals surface area contributed by atoms with E-state index in [0.717, 1.165) is 22.5 Å². The fourth-order valence-corrected chi connectivity index (χ4v) is 7.14. The van der Waals surface area contributed by atoms with Gasteiger partial charge in [-0.1, -0.05) is 32.9 Å². The van der Waals surface area contributed by atoms with Gasteiger partial charge in [0.05, 0.1) is 23.4 Å². The molecule has 0 spiro atoms. The van der Waals surface area contributed by atoms with Crippen LogP contribution in [0.5, 0.6) is 0 Å². The van der Waals surface area contributed by atoms with Crippen LogP contribution in [0.2, 0.25) is 0 Å². The van der Waals surface area contributed by atoms with Gasteiger partial charge in [0.15, 0.2) is 0 Å². The van der Waals surface area contributed by atoms with Gasteiger partial charge in [-0.05, 0) is 78.1 Å². The van der Waals surface area contributed by atoms with Gasteiger partial charge in [0.2, 0.25) is 10.0 Å².